The molecular weight excluding hydrogens is 829 g/mol. The first kappa shape index (κ1) is 63.8. The summed E-state index contributed by atoms with van der Waals surface area (Å²) in [5, 5.41) is 0. The molecule has 1 unspecified atom stereocenters. The Morgan fingerprint density at radius 2 is 0.597 bits per heavy atom. The van der Waals surface area contributed by atoms with Gasteiger partial charge in [0.1, 0.15) is 13.2 Å². The molecule has 0 spiro atoms. The van der Waals surface area contributed by atoms with Crippen LogP contribution < -0.4 is 0 Å². The summed E-state index contributed by atoms with van der Waals surface area (Å²) >= 11 is 0. The Bertz CT molecular complexity index is 1260. The highest BCUT2D eigenvalue weighted by Gasteiger charge is 2.19. The van der Waals surface area contributed by atoms with E-state index in [9.17, 15) is 14.4 Å². The minimum Gasteiger partial charge on any atom is -0.462 e. The van der Waals surface area contributed by atoms with E-state index >= 15 is 0 Å². The van der Waals surface area contributed by atoms with Gasteiger partial charge in [-0.3, -0.25) is 14.4 Å². The maximum Gasteiger partial charge on any atom is 0.306 e. The van der Waals surface area contributed by atoms with Crippen molar-refractivity contribution in [2.75, 3.05) is 13.2 Å². The van der Waals surface area contributed by atoms with Gasteiger partial charge in [0, 0.05) is 19.3 Å². The van der Waals surface area contributed by atoms with Gasteiger partial charge in [0.25, 0.3) is 0 Å². The molecule has 6 heteroatoms. The molecule has 1 atom stereocenters. The standard InChI is InChI=1S/C61H106O6/c1-4-7-10-13-16-18-20-22-24-26-27-28-29-30-31-32-33-35-36-38-40-42-45-48-51-54-60(63)66-57-58(56-65-59(62)53-50-47-44-15-12-9-6-3)67-61(64)55-52-49-46-43-41-39-37-34-25-23-21-19-17-14-11-8-5-2/h8,11,17,19,23,25-27,37,39,43,46,58H,4-7,9-10,12-16,18,20-22,24,28-36,38,40-42,44-45,47-57H2,1-3H3/b11-8-,19-17-,25-23-,27-26-,39-37-,46-43-. The van der Waals surface area contributed by atoms with Crippen molar-refractivity contribution < 1.29 is 28.6 Å². The van der Waals surface area contributed by atoms with Crippen LogP contribution in [0.4, 0.5) is 0 Å². The second kappa shape index (κ2) is 55.4. The topological polar surface area (TPSA) is 78.9 Å². The fourth-order valence-corrected chi connectivity index (χ4v) is 7.94. The maximum atomic E-state index is 12.8. The lowest BCUT2D eigenvalue weighted by Gasteiger charge is -2.18. The van der Waals surface area contributed by atoms with Crippen molar-refractivity contribution in [3.8, 4) is 0 Å². The van der Waals surface area contributed by atoms with Crippen LogP contribution in [0.25, 0.3) is 0 Å². The largest absolute Gasteiger partial charge is 0.462 e. The SMILES string of the molecule is CC/C=C\C/C=C\C/C=C\C/C=C\C/C=C\CCCC(=O)OC(COC(=O)CCCCCCCCC)COC(=O)CCCCCCCCCCCCCCC/C=C\CCCCCCCCCC. The second-order valence-electron chi connectivity index (χ2n) is 18.8. The van der Waals surface area contributed by atoms with Crippen LogP contribution in [-0.2, 0) is 28.6 Å². The smallest absolute Gasteiger partial charge is 0.306 e. The number of ether oxygens (including phenoxy) is 3. The van der Waals surface area contributed by atoms with Crippen LogP contribution in [-0.4, -0.2) is 37.2 Å². The van der Waals surface area contributed by atoms with Gasteiger partial charge in [-0.05, 0) is 83.5 Å². The summed E-state index contributed by atoms with van der Waals surface area (Å²) in [6.07, 6.45) is 70.8. The van der Waals surface area contributed by atoms with E-state index in [1.807, 2.05) is 0 Å². The summed E-state index contributed by atoms with van der Waals surface area (Å²) in [4.78, 5) is 37.9. The number of esters is 3. The average Bonchev–Trinajstić information content (AvgIpc) is 3.33. The number of allylic oxidation sites excluding steroid dienone is 12. The highest BCUT2D eigenvalue weighted by atomic mass is 16.6. The second-order valence-corrected chi connectivity index (χ2v) is 18.8. The van der Waals surface area contributed by atoms with E-state index in [2.05, 4.69) is 93.7 Å². The van der Waals surface area contributed by atoms with Gasteiger partial charge >= 0.3 is 17.9 Å². The fourth-order valence-electron chi connectivity index (χ4n) is 7.94. The van der Waals surface area contributed by atoms with Gasteiger partial charge in [0.15, 0.2) is 6.10 Å². The molecular formula is C61H106O6. The quantitative estimate of drug-likeness (QED) is 0.0262. The molecule has 0 rings (SSSR count). The number of unbranched alkanes of at least 4 members (excludes halogenated alkanes) is 28. The molecule has 0 aromatic carbocycles. The van der Waals surface area contributed by atoms with Crippen LogP contribution in [0, 0.1) is 0 Å². The zero-order valence-electron chi connectivity index (χ0n) is 44.2. The highest BCUT2D eigenvalue weighted by molar-refractivity contribution is 5.71. The van der Waals surface area contributed by atoms with Crippen LogP contribution in [0.3, 0.4) is 0 Å². The summed E-state index contributed by atoms with van der Waals surface area (Å²) in [6.45, 7) is 6.45. The number of rotatable bonds is 51. The van der Waals surface area contributed by atoms with Crippen molar-refractivity contribution in [1.29, 1.82) is 0 Å². The van der Waals surface area contributed by atoms with Gasteiger partial charge in [0.2, 0.25) is 0 Å². The normalized spacial score (nSPS) is 12.6. The predicted molar refractivity (Wildman–Crippen MR) is 288 cm³/mol. The molecule has 0 fully saturated rings. The minimum atomic E-state index is -0.801. The van der Waals surface area contributed by atoms with Crippen LogP contribution >= 0.6 is 0 Å². The zero-order valence-corrected chi connectivity index (χ0v) is 44.2. The van der Waals surface area contributed by atoms with Crippen molar-refractivity contribution in [1.82, 2.24) is 0 Å². The molecule has 0 heterocycles. The van der Waals surface area contributed by atoms with E-state index in [0.717, 1.165) is 77.0 Å². The molecule has 0 saturated heterocycles. The third-order valence-corrected chi connectivity index (χ3v) is 12.2. The molecule has 0 aliphatic rings. The summed E-state index contributed by atoms with van der Waals surface area (Å²) in [5.41, 5.74) is 0. The summed E-state index contributed by atoms with van der Waals surface area (Å²) in [5.74, 6) is -0.957. The number of carbonyl (C=O) groups excluding carboxylic acids is 3. The van der Waals surface area contributed by atoms with E-state index in [0.29, 0.717) is 19.3 Å². The van der Waals surface area contributed by atoms with Crippen molar-refractivity contribution in [2.24, 2.45) is 0 Å². The molecule has 0 N–H and O–H groups in total. The minimum absolute atomic E-state index is 0.0964. The molecule has 0 radical (unpaired) electrons. The fraction of sp³-hybridized carbons (Fsp3) is 0.754. The Hall–Kier alpha value is -3.15. The first-order valence-electron chi connectivity index (χ1n) is 28.4. The number of hydrogen-bond donors (Lipinski definition) is 0. The third-order valence-electron chi connectivity index (χ3n) is 12.2. The molecule has 0 bridgehead atoms. The molecule has 0 aliphatic heterocycles. The van der Waals surface area contributed by atoms with Crippen LogP contribution in [0.5, 0.6) is 0 Å². The lowest BCUT2D eigenvalue weighted by molar-refractivity contribution is -0.167. The number of carbonyl (C=O) groups is 3. The van der Waals surface area contributed by atoms with Crippen molar-refractivity contribution in [2.45, 2.75) is 284 Å². The van der Waals surface area contributed by atoms with Gasteiger partial charge in [-0.1, -0.05) is 248 Å². The van der Waals surface area contributed by atoms with Gasteiger partial charge in [0.05, 0.1) is 0 Å². The first-order chi connectivity index (χ1) is 33.0. The molecule has 0 aromatic heterocycles. The third kappa shape index (κ3) is 53.7. The Morgan fingerprint density at radius 1 is 0.313 bits per heavy atom. The maximum absolute atomic E-state index is 12.8. The zero-order chi connectivity index (χ0) is 48.6. The summed E-state index contributed by atoms with van der Waals surface area (Å²) < 4.78 is 16.7. The van der Waals surface area contributed by atoms with Crippen LogP contribution in [0.1, 0.15) is 278 Å². The van der Waals surface area contributed by atoms with E-state index in [1.54, 1.807) is 0 Å². The highest BCUT2D eigenvalue weighted by Crippen LogP contribution is 2.16. The molecule has 386 valence electrons. The average molecular weight is 936 g/mol. The Balaban J connectivity index is 4.20. The molecule has 0 aliphatic carbocycles. The van der Waals surface area contributed by atoms with Crippen LogP contribution in [0.2, 0.25) is 0 Å². The molecule has 0 amide bonds. The van der Waals surface area contributed by atoms with Crippen molar-refractivity contribution >= 4 is 17.9 Å². The Morgan fingerprint density at radius 3 is 0.970 bits per heavy atom. The lowest BCUT2D eigenvalue weighted by atomic mass is 10.0. The predicted octanol–water partition coefficient (Wildman–Crippen LogP) is 19.0. The summed E-state index contributed by atoms with van der Waals surface area (Å²) in [7, 11) is 0. The monoisotopic (exact) mass is 935 g/mol. The van der Waals surface area contributed by atoms with Gasteiger partial charge in [-0.25, -0.2) is 0 Å². The summed E-state index contributed by atoms with van der Waals surface area (Å²) in [6, 6.07) is 0. The van der Waals surface area contributed by atoms with E-state index in [1.165, 1.54) is 154 Å². The van der Waals surface area contributed by atoms with Gasteiger partial charge in [-0.2, -0.15) is 0 Å². The van der Waals surface area contributed by atoms with Crippen molar-refractivity contribution in [3.05, 3.63) is 72.9 Å². The van der Waals surface area contributed by atoms with E-state index < -0.39 is 6.10 Å². The van der Waals surface area contributed by atoms with Crippen molar-refractivity contribution in [3.63, 3.8) is 0 Å². The molecule has 6 nitrogen and oxygen atoms in total. The lowest BCUT2D eigenvalue weighted by Crippen LogP contribution is -2.30. The molecule has 67 heavy (non-hydrogen) atoms. The molecule has 0 saturated carbocycles. The number of hydrogen-bond acceptors (Lipinski definition) is 6. The van der Waals surface area contributed by atoms with Gasteiger partial charge < -0.3 is 14.2 Å². The van der Waals surface area contributed by atoms with Crippen LogP contribution in [0.15, 0.2) is 72.9 Å². The Kier molecular flexibility index (Phi) is 52.8. The van der Waals surface area contributed by atoms with Gasteiger partial charge in [-0.15, -0.1) is 0 Å². The Labute approximate surface area is 414 Å². The molecule has 0 aromatic rings. The van der Waals surface area contributed by atoms with E-state index in [-0.39, 0.29) is 37.5 Å². The first-order valence-corrected chi connectivity index (χ1v) is 28.4. The van der Waals surface area contributed by atoms with E-state index in [4.69, 9.17) is 14.2 Å².